The van der Waals surface area contributed by atoms with Gasteiger partial charge in [0, 0.05) is 17.1 Å². The summed E-state index contributed by atoms with van der Waals surface area (Å²) in [7, 11) is 1.68. The molecule has 4 nitrogen and oxygen atoms in total. The van der Waals surface area contributed by atoms with Crippen LogP contribution in [0.5, 0.6) is 11.5 Å². The molecule has 2 aromatic carbocycles. The number of benzene rings is 2. The molecule has 1 fully saturated rings. The lowest BCUT2D eigenvalue weighted by atomic mass is 10.2. The van der Waals surface area contributed by atoms with Crippen LogP contribution in [0.15, 0.2) is 51.8 Å². The number of thioether (sulfide) groups is 1. The number of hydrogen-bond donors (Lipinski definition) is 0. The number of para-hydroxylation sites is 1. The molecule has 0 aliphatic carbocycles. The van der Waals surface area contributed by atoms with E-state index in [1.807, 2.05) is 55.5 Å². The molecule has 7 heteroatoms. The Kier molecular flexibility index (Phi) is 6.57. The van der Waals surface area contributed by atoms with Crippen LogP contribution in [0, 0.1) is 6.92 Å². The van der Waals surface area contributed by atoms with Crippen molar-refractivity contribution >= 4 is 56.2 Å². The van der Waals surface area contributed by atoms with Gasteiger partial charge in [0.15, 0.2) is 0 Å². The van der Waals surface area contributed by atoms with E-state index in [9.17, 15) is 4.79 Å². The highest BCUT2D eigenvalue weighted by atomic mass is 79.9. The van der Waals surface area contributed by atoms with Gasteiger partial charge in [-0.05, 0) is 42.8 Å². The Morgan fingerprint density at radius 2 is 1.85 bits per heavy atom. The van der Waals surface area contributed by atoms with Crippen molar-refractivity contribution in [3.8, 4) is 11.5 Å². The fraction of sp³-hybridized carbons (Fsp3) is 0.200. The zero-order valence-electron chi connectivity index (χ0n) is 14.9. The number of likely N-dealkylation sites (N-methyl/N-ethyl adjacent to an activating group) is 1. The van der Waals surface area contributed by atoms with Crippen molar-refractivity contribution in [3.05, 3.63) is 63.0 Å². The molecule has 0 saturated carbocycles. The summed E-state index contributed by atoms with van der Waals surface area (Å²) in [6.07, 6.45) is 1.81. The Balaban J connectivity index is 1.69. The monoisotopic (exact) mass is 463 g/mol. The highest BCUT2D eigenvalue weighted by Gasteiger charge is 2.28. The third-order valence-corrected chi connectivity index (χ3v) is 5.92. The third kappa shape index (κ3) is 4.91. The van der Waals surface area contributed by atoms with Gasteiger partial charge in [-0.15, -0.1) is 0 Å². The van der Waals surface area contributed by atoms with Crippen LogP contribution in [0.4, 0.5) is 0 Å². The minimum atomic E-state index is -0.0983. The maximum atomic E-state index is 12.2. The predicted octanol–water partition coefficient (Wildman–Crippen LogP) is 5.05. The number of carbonyl (C=O) groups excluding carboxylic acids is 1. The Bertz CT molecular complexity index is 914. The molecule has 140 valence electrons. The average molecular weight is 464 g/mol. The molecule has 0 N–H and O–H groups in total. The lowest BCUT2D eigenvalue weighted by Crippen LogP contribution is -2.22. The molecule has 0 aromatic heterocycles. The van der Waals surface area contributed by atoms with E-state index >= 15 is 0 Å². The first-order valence-corrected chi connectivity index (χ1v) is 10.3. The fourth-order valence-corrected chi connectivity index (χ4v) is 4.02. The molecule has 2 aromatic rings. The van der Waals surface area contributed by atoms with Crippen molar-refractivity contribution < 1.29 is 14.3 Å². The Hall–Kier alpha value is -1.83. The van der Waals surface area contributed by atoms with Crippen molar-refractivity contribution in [2.45, 2.75) is 6.92 Å². The molecule has 0 unspecified atom stereocenters. The number of rotatable bonds is 6. The van der Waals surface area contributed by atoms with Crippen LogP contribution in [-0.4, -0.2) is 35.4 Å². The van der Waals surface area contributed by atoms with E-state index in [2.05, 4.69) is 15.9 Å². The number of ether oxygens (including phenoxy) is 2. The van der Waals surface area contributed by atoms with Crippen LogP contribution in [0.2, 0.25) is 0 Å². The minimum Gasteiger partial charge on any atom is -0.490 e. The van der Waals surface area contributed by atoms with Gasteiger partial charge >= 0.3 is 0 Å². The molecule has 0 radical (unpaired) electrons. The number of aryl methyl sites for hydroxylation is 1. The number of halogens is 1. The second-order valence-electron chi connectivity index (χ2n) is 5.89. The lowest BCUT2D eigenvalue weighted by Gasteiger charge is -2.12. The van der Waals surface area contributed by atoms with Crippen LogP contribution >= 0.6 is 39.9 Å². The molecular weight excluding hydrogens is 446 g/mol. The molecule has 1 saturated heterocycles. The maximum Gasteiger partial charge on any atom is 0.265 e. The second-order valence-corrected chi connectivity index (χ2v) is 8.48. The molecule has 1 aliphatic rings. The number of nitrogens with zero attached hydrogens (tertiary/aromatic N) is 1. The van der Waals surface area contributed by atoms with Gasteiger partial charge in [-0.3, -0.25) is 9.69 Å². The van der Waals surface area contributed by atoms with Crippen molar-refractivity contribution in [2.24, 2.45) is 0 Å². The van der Waals surface area contributed by atoms with Gasteiger partial charge in [-0.1, -0.05) is 58.1 Å². The van der Waals surface area contributed by atoms with Crippen molar-refractivity contribution in [1.82, 2.24) is 4.90 Å². The van der Waals surface area contributed by atoms with E-state index in [0.29, 0.717) is 28.2 Å². The Morgan fingerprint density at radius 1 is 1.15 bits per heavy atom. The highest BCUT2D eigenvalue weighted by Crippen LogP contribution is 2.34. The molecule has 1 amide bonds. The first-order valence-electron chi connectivity index (χ1n) is 8.28. The topological polar surface area (TPSA) is 38.8 Å². The van der Waals surface area contributed by atoms with Crippen molar-refractivity contribution in [3.63, 3.8) is 0 Å². The van der Waals surface area contributed by atoms with Crippen molar-refractivity contribution in [1.29, 1.82) is 0 Å². The van der Waals surface area contributed by atoms with Gasteiger partial charge < -0.3 is 9.47 Å². The van der Waals surface area contributed by atoms with E-state index in [0.717, 1.165) is 21.3 Å². The quantitative estimate of drug-likeness (QED) is 0.340. The molecule has 0 bridgehead atoms. The summed E-state index contributed by atoms with van der Waals surface area (Å²) in [5.41, 5.74) is 1.90. The lowest BCUT2D eigenvalue weighted by molar-refractivity contribution is -0.121. The Morgan fingerprint density at radius 3 is 2.52 bits per heavy atom. The maximum absolute atomic E-state index is 12.2. The third-order valence-electron chi connectivity index (χ3n) is 3.94. The number of amides is 1. The average Bonchev–Trinajstić information content (AvgIpc) is 2.88. The summed E-state index contributed by atoms with van der Waals surface area (Å²) in [6, 6.07) is 13.6. The van der Waals surface area contributed by atoms with Gasteiger partial charge in [0.05, 0.1) is 4.91 Å². The smallest absolute Gasteiger partial charge is 0.265 e. The van der Waals surface area contributed by atoms with E-state index in [1.165, 1.54) is 16.7 Å². The van der Waals surface area contributed by atoms with E-state index in [1.54, 1.807) is 7.05 Å². The zero-order chi connectivity index (χ0) is 19.4. The number of hydrogen-bond acceptors (Lipinski definition) is 5. The molecule has 27 heavy (non-hydrogen) atoms. The molecule has 0 atom stereocenters. The van der Waals surface area contributed by atoms with Crippen LogP contribution < -0.4 is 9.47 Å². The molecule has 1 aliphatic heterocycles. The summed E-state index contributed by atoms with van der Waals surface area (Å²) >= 11 is 9.94. The van der Waals surface area contributed by atoms with E-state index < -0.39 is 0 Å². The van der Waals surface area contributed by atoms with Gasteiger partial charge in [0.2, 0.25) is 0 Å². The molecular formula is C20H18BrNO3S2. The summed E-state index contributed by atoms with van der Waals surface area (Å²) in [5.74, 6) is 1.44. The number of carbonyl (C=O) groups is 1. The number of thiocarbonyl (C=S) groups is 1. The Labute approximate surface area is 176 Å². The first-order chi connectivity index (χ1) is 13.0. The fourth-order valence-electron chi connectivity index (χ4n) is 2.47. The largest absolute Gasteiger partial charge is 0.490 e. The van der Waals surface area contributed by atoms with E-state index in [-0.39, 0.29) is 5.91 Å². The van der Waals surface area contributed by atoms with Crippen LogP contribution in [0.1, 0.15) is 11.1 Å². The first kappa shape index (κ1) is 19.9. The molecule has 3 rings (SSSR count). The summed E-state index contributed by atoms with van der Waals surface area (Å²) in [5, 5.41) is 0. The summed E-state index contributed by atoms with van der Waals surface area (Å²) in [4.78, 5) is 14.3. The zero-order valence-corrected chi connectivity index (χ0v) is 18.1. The van der Waals surface area contributed by atoms with Gasteiger partial charge in [0.1, 0.15) is 29.0 Å². The molecule has 1 heterocycles. The van der Waals surface area contributed by atoms with Gasteiger partial charge in [0.25, 0.3) is 5.91 Å². The molecule has 0 spiro atoms. The SMILES string of the molecule is Cc1ccccc1OCCOc1ccc(Br)cc1/C=C1\SC(=S)N(C)C1=O. The van der Waals surface area contributed by atoms with Crippen molar-refractivity contribution in [2.75, 3.05) is 20.3 Å². The van der Waals surface area contributed by atoms with Crippen LogP contribution in [-0.2, 0) is 4.79 Å². The summed E-state index contributed by atoms with van der Waals surface area (Å²) in [6.45, 7) is 2.83. The van der Waals surface area contributed by atoms with Gasteiger partial charge in [-0.2, -0.15) is 0 Å². The van der Waals surface area contributed by atoms with Gasteiger partial charge in [-0.25, -0.2) is 0 Å². The van der Waals surface area contributed by atoms with E-state index in [4.69, 9.17) is 21.7 Å². The predicted molar refractivity (Wildman–Crippen MR) is 117 cm³/mol. The summed E-state index contributed by atoms with van der Waals surface area (Å²) < 4.78 is 13.1. The highest BCUT2D eigenvalue weighted by molar-refractivity contribution is 9.10. The minimum absolute atomic E-state index is 0.0983. The normalized spacial score (nSPS) is 15.5. The van der Waals surface area contributed by atoms with Crippen LogP contribution in [0.3, 0.4) is 0 Å². The standard InChI is InChI=1S/C20H18BrNO3S2/c1-13-5-3-4-6-16(13)24-9-10-25-17-8-7-15(21)11-14(17)12-18-19(23)22(2)20(26)27-18/h3-8,11-12H,9-10H2,1-2H3/b18-12-. The second kappa shape index (κ2) is 8.91. The van der Waals surface area contributed by atoms with Crippen LogP contribution in [0.25, 0.3) is 6.08 Å².